The number of aliphatic imine (C=N–C) groups is 1. The van der Waals surface area contributed by atoms with E-state index in [4.69, 9.17) is 0 Å². The van der Waals surface area contributed by atoms with Crippen LogP contribution in [0.15, 0.2) is 30.5 Å². The fourth-order valence-electron chi connectivity index (χ4n) is 1.52. The molecule has 0 saturated carbocycles. The standard InChI is InChI=1S/C11H10Br3N3O/c12-6-4-7(13)9(8(14)5-6)17-11(18)10-15-2-1-3-16-10/h4-5H,1-3H2,(H,15,16)(H,17,18). The zero-order chi connectivity index (χ0) is 13.1. The van der Waals surface area contributed by atoms with E-state index >= 15 is 0 Å². The fourth-order valence-corrected chi connectivity index (χ4v) is 3.98. The summed E-state index contributed by atoms with van der Waals surface area (Å²) < 4.78 is 2.52. The van der Waals surface area contributed by atoms with Gasteiger partial charge in [0.25, 0.3) is 5.91 Å². The van der Waals surface area contributed by atoms with Crippen molar-refractivity contribution in [2.45, 2.75) is 6.42 Å². The van der Waals surface area contributed by atoms with E-state index in [0.29, 0.717) is 18.1 Å². The number of carbonyl (C=O) groups excluding carboxylic acids is 1. The van der Waals surface area contributed by atoms with Crippen LogP contribution in [-0.2, 0) is 4.79 Å². The molecular weight excluding hydrogens is 430 g/mol. The molecule has 2 N–H and O–H groups in total. The molecule has 0 spiro atoms. The third-order valence-electron chi connectivity index (χ3n) is 2.36. The van der Waals surface area contributed by atoms with Gasteiger partial charge in [-0.25, -0.2) is 0 Å². The molecule has 1 aliphatic rings. The summed E-state index contributed by atoms with van der Waals surface area (Å²) in [6.45, 7) is 1.48. The molecule has 0 bridgehead atoms. The van der Waals surface area contributed by atoms with E-state index in [9.17, 15) is 4.79 Å². The molecule has 0 saturated heterocycles. The predicted molar refractivity (Wildman–Crippen MR) is 83.1 cm³/mol. The summed E-state index contributed by atoms with van der Waals surface area (Å²) in [5.74, 6) is 0.168. The van der Waals surface area contributed by atoms with Gasteiger partial charge in [-0.05, 0) is 50.4 Å². The van der Waals surface area contributed by atoms with Gasteiger partial charge in [-0.1, -0.05) is 15.9 Å². The molecule has 0 atom stereocenters. The zero-order valence-corrected chi connectivity index (χ0v) is 14.0. The van der Waals surface area contributed by atoms with Gasteiger partial charge in [-0.2, -0.15) is 0 Å². The van der Waals surface area contributed by atoms with Crippen LogP contribution in [0.3, 0.4) is 0 Å². The first-order chi connectivity index (χ1) is 8.58. The Kier molecular flexibility index (Phi) is 4.80. The van der Waals surface area contributed by atoms with Crippen LogP contribution in [0.1, 0.15) is 6.42 Å². The van der Waals surface area contributed by atoms with Gasteiger partial charge >= 0.3 is 0 Å². The Morgan fingerprint density at radius 3 is 2.50 bits per heavy atom. The summed E-state index contributed by atoms with van der Waals surface area (Å²) >= 11 is 10.2. The fraction of sp³-hybridized carbons (Fsp3) is 0.273. The minimum Gasteiger partial charge on any atom is -0.366 e. The molecule has 1 heterocycles. The summed E-state index contributed by atoms with van der Waals surface area (Å²) in [6.07, 6.45) is 0.961. The molecule has 0 aromatic heterocycles. The van der Waals surface area contributed by atoms with Gasteiger partial charge in [-0.15, -0.1) is 0 Å². The minimum absolute atomic E-state index is 0.224. The predicted octanol–water partition coefficient (Wildman–Crippen LogP) is 3.30. The van der Waals surface area contributed by atoms with Crippen LogP contribution in [0.5, 0.6) is 0 Å². The van der Waals surface area contributed by atoms with E-state index in [1.807, 2.05) is 12.1 Å². The summed E-state index contributed by atoms with van der Waals surface area (Å²) in [7, 11) is 0. The number of halogens is 3. The number of carbonyl (C=O) groups is 1. The van der Waals surface area contributed by atoms with E-state index in [-0.39, 0.29) is 5.91 Å². The average molecular weight is 440 g/mol. The monoisotopic (exact) mass is 437 g/mol. The Balaban J connectivity index is 2.19. The molecule has 1 aromatic rings. The zero-order valence-electron chi connectivity index (χ0n) is 9.27. The van der Waals surface area contributed by atoms with Crippen LogP contribution in [0.25, 0.3) is 0 Å². The second-order valence-corrected chi connectivity index (χ2v) is 6.33. The summed E-state index contributed by atoms with van der Waals surface area (Å²) in [5, 5.41) is 5.82. The lowest BCUT2D eigenvalue weighted by atomic mass is 10.3. The van der Waals surface area contributed by atoms with Gasteiger partial charge in [0.1, 0.15) is 0 Å². The Morgan fingerprint density at radius 1 is 1.28 bits per heavy atom. The Labute approximate surface area is 130 Å². The first kappa shape index (κ1) is 14.0. The second-order valence-electron chi connectivity index (χ2n) is 3.71. The van der Waals surface area contributed by atoms with Gasteiger partial charge in [0.15, 0.2) is 5.84 Å². The molecule has 2 rings (SSSR count). The molecule has 0 aliphatic carbocycles. The van der Waals surface area contributed by atoms with Gasteiger partial charge in [0.2, 0.25) is 0 Å². The molecule has 4 nitrogen and oxygen atoms in total. The van der Waals surface area contributed by atoms with Crippen LogP contribution in [0.2, 0.25) is 0 Å². The third-order valence-corrected chi connectivity index (χ3v) is 4.07. The molecule has 0 radical (unpaired) electrons. The number of amidine groups is 1. The number of hydrogen-bond acceptors (Lipinski definition) is 3. The molecule has 96 valence electrons. The van der Waals surface area contributed by atoms with Gasteiger partial charge < -0.3 is 10.6 Å². The minimum atomic E-state index is -0.224. The van der Waals surface area contributed by atoms with Crippen LogP contribution in [-0.4, -0.2) is 24.8 Å². The summed E-state index contributed by atoms with van der Waals surface area (Å²) in [6, 6.07) is 3.74. The van der Waals surface area contributed by atoms with E-state index in [2.05, 4.69) is 63.4 Å². The van der Waals surface area contributed by atoms with E-state index in [1.165, 1.54) is 0 Å². The van der Waals surface area contributed by atoms with Crippen molar-refractivity contribution in [1.29, 1.82) is 0 Å². The molecule has 1 aliphatic heterocycles. The average Bonchev–Trinajstić information content (AvgIpc) is 2.34. The molecule has 0 fully saturated rings. The SMILES string of the molecule is O=C(Nc1c(Br)cc(Br)cc1Br)C1=NCCCN1. The van der Waals surface area contributed by atoms with Crippen molar-refractivity contribution < 1.29 is 4.79 Å². The molecule has 1 aromatic carbocycles. The van der Waals surface area contributed by atoms with Crippen molar-refractivity contribution in [3.63, 3.8) is 0 Å². The van der Waals surface area contributed by atoms with E-state index in [1.54, 1.807) is 0 Å². The van der Waals surface area contributed by atoms with Crippen molar-refractivity contribution in [3.8, 4) is 0 Å². The number of hydrogen-bond donors (Lipinski definition) is 2. The van der Waals surface area contributed by atoms with Crippen molar-refractivity contribution >= 4 is 65.2 Å². The van der Waals surface area contributed by atoms with Crippen molar-refractivity contribution in [1.82, 2.24) is 5.32 Å². The maximum absolute atomic E-state index is 12.0. The Morgan fingerprint density at radius 2 is 1.94 bits per heavy atom. The molecular formula is C11H10Br3N3O. The van der Waals surface area contributed by atoms with Crippen LogP contribution in [0.4, 0.5) is 5.69 Å². The van der Waals surface area contributed by atoms with E-state index < -0.39 is 0 Å². The Hall–Kier alpha value is -0.400. The summed E-state index contributed by atoms with van der Waals surface area (Å²) in [5.41, 5.74) is 0.693. The third kappa shape index (κ3) is 3.33. The lowest BCUT2D eigenvalue weighted by Crippen LogP contribution is -2.39. The maximum Gasteiger partial charge on any atom is 0.290 e. The largest absolute Gasteiger partial charge is 0.366 e. The number of nitrogens with zero attached hydrogens (tertiary/aromatic N) is 1. The van der Waals surface area contributed by atoms with Gasteiger partial charge in [0, 0.05) is 26.5 Å². The van der Waals surface area contributed by atoms with E-state index in [0.717, 1.165) is 26.4 Å². The number of rotatable bonds is 2. The van der Waals surface area contributed by atoms with Crippen molar-refractivity contribution in [2.75, 3.05) is 18.4 Å². The van der Waals surface area contributed by atoms with Crippen LogP contribution >= 0.6 is 47.8 Å². The topological polar surface area (TPSA) is 53.5 Å². The maximum atomic E-state index is 12.0. The number of benzene rings is 1. The first-order valence-corrected chi connectivity index (χ1v) is 7.70. The highest BCUT2D eigenvalue weighted by molar-refractivity contribution is 9.11. The molecule has 1 amide bonds. The molecule has 0 unspecified atom stereocenters. The highest BCUT2D eigenvalue weighted by Crippen LogP contribution is 2.34. The Bertz CT molecular complexity index is 493. The van der Waals surface area contributed by atoms with Gasteiger partial charge in [0.05, 0.1) is 5.69 Å². The van der Waals surface area contributed by atoms with Crippen molar-refractivity contribution in [2.24, 2.45) is 4.99 Å². The highest BCUT2D eigenvalue weighted by atomic mass is 79.9. The highest BCUT2D eigenvalue weighted by Gasteiger charge is 2.16. The van der Waals surface area contributed by atoms with Gasteiger partial charge in [-0.3, -0.25) is 9.79 Å². The number of nitrogens with one attached hydrogen (secondary N) is 2. The van der Waals surface area contributed by atoms with Crippen LogP contribution < -0.4 is 10.6 Å². The van der Waals surface area contributed by atoms with Crippen LogP contribution in [0, 0.1) is 0 Å². The smallest absolute Gasteiger partial charge is 0.290 e. The first-order valence-electron chi connectivity index (χ1n) is 5.32. The number of amides is 1. The molecule has 18 heavy (non-hydrogen) atoms. The lowest BCUT2D eigenvalue weighted by Gasteiger charge is -2.15. The molecule has 7 heteroatoms. The lowest BCUT2D eigenvalue weighted by molar-refractivity contribution is -0.110. The second kappa shape index (κ2) is 6.16. The quantitative estimate of drug-likeness (QED) is 0.742. The number of anilines is 1. The normalized spacial score (nSPS) is 14.7. The summed E-state index contributed by atoms with van der Waals surface area (Å²) in [4.78, 5) is 16.2. The van der Waals surface area contributed by atoms with Crippen molar-refractivity contribution in [3.05, 3.63) is 25.6 Å².